The lowest BCUT2D eigenvalue weighted by Gasteiger charge is -1.97. The molecule has 0 aliphatic heterocycles. The summed E-state index contributed by atoms with van der Waals surface area (Å²) >= 11 is 0. The fourth-order valence-electron chi connectivity index (χ4n) is 0.0577. The van der Waals surface area contributed by atoms with Crippen molar-refractivity contribution in [2.45, 2.75) is 5.66 Å². The molecule has 0 amide bonds. The molecular formula is C3H11O3P. The molecule has 0 aromatic rings. The lowest BCUT2D eigenvalue weighted by atomic mass is 10.5. The predicted octanol–water partition coefficient (Wildman–Crippen LogP) is -1.61. The van der Waals surface area contributed by atoms with Gasteiger partial charge < -0.3 is 15.7 Å². The van der Waals surface area contributed by atoms with Gasteiger partial charge in [0.15, 0.2) is 0 Å². The van der Waals surface area contributed by atoms with Gasteiger partial charge in [-0.05, 0) is 0 Å². The summed E-state index contributed by atoms with van der Waals surface area (Å²) in [5, 5.41) is 16.3. The SMILES string of the molecule is O.OCC(P)CO. The van der Waals surface area contributed by atoms with Crippen molar-refractivity contribution in [1.29, 1.82) is 0 Å². The minimum Gasteiger partial charge on any atom is -0.412 e. The predicted molar refractivity (Wildman–Crippen MR) is 31.3 cm³/mol. The third kappa shape index (κ3) is 6.31. The molecule has 0 aromatic carbocycles. The summed E-state index contributed by atoms with van der Waals surface area (Å²) in [5.41, 5.74) is -0.0370. The lowest BCUT2D eigenvalue weighted by Crippen LogP contribution is -2.07. The van der Waals surface area contributed by atoms with Crippen LogP contribution in [0.3, 0.4) is 0 Å². The summed E-state index contributed by atoms with van der Waals surface area (Å²) in [6.45, 7) is 0.0856. The molecule has 0 aliphatic rings. The molecule has 46 valence electrons. The van der Waals surface area contributed by atoms with Crippen LogP contribution in [0.5, 0.6) is 0 Å². The normalized spacial score (nSPS) is 8.57. The molecule has 4 N–H and O–H groups in total. The van der Waals surface area contributed by atoms with Gasteiger partial charge in [0, 0.05) is 5.66 Å². The van der Waals surface area contributed by atoms with Crippen LogP contribution in [-0.2, 0) is 0 Å². The Hall–Kier alpha value is 0.310. The second kappa shape index (κ2) is 6.31. The Balaban J connectivity index is 0. The van der Waals surface area contributed by atoms with Crippen LogP contribution < -0.4 is 0 Å². The molecule has 0 saturated carbocycles. The Labute approximate surface area is 44.9 Å². The van der Waals surface area contributed by atoms with Gasteiger partial charge in [0.2, 0.25) is 0 Å². The van der Waals surface area contributed by atoms with Gasteiger partial charge in [-0.15, -0.1) is 9.24 Å². The zero-order valence-electron chi connectivity index (χ0n) is 3.96. The van der Waals surface area contributed by atoms with Crippen LogP contribution in [0.15, 0.2) is 0 Å². The van der Waals surface area contributed by atoms with Gasteiger partial charge in [-0.1, -0.05) is 0 Å². The molecule has 0 radical (unpaired) electrons. The summed E-state index contributed by atoms with van der Waals surface area (Å²) in [6.07, 6.45) is 0. The summed E-state index contributed by atoms with van der Waals surface area (Å²) in [5.74, 6) is 0. The second-order valence-corrected chi connectivity index (χ2v) is 2.07. The van der Waals surface area contributed by atoms with Gasteiger partial charge in [-0.3, -0.25) is 0 Å². The maximum Gasteiger partial charge on any atom is 0.0515 e. The first-order chi connectivity index (χ1) is 2.81. The molecule has 0 spiro atoms. The van der Waals surface area contributed by atoms with E-state index in [1.54, 1.807) is 0 Å². The van der Waals surface area contributed by atoms with Crippen molar-refractivity contribution in [3.8, 4) is 0 Å². The minimum absolute atomic E-state index is 0. The first kappa shape index (κ1) is 10.3. The average molecular weight is 126 g/mol. The van der Waals surface area contributed by atoms with E-state index in [4.69, 9.17) is 10.2 Å². The fourth-order valence-corrected chi connectivity index (χ4v) is 0.0577. The molecule has 1 unspecified atom stereocenters. The van der Waals surface area contributed by atoms with Crippen molar-refractivity contribution < 1.29 is 15.7 Å². The highest BCUT2D eigenvalue weighted by Gasteiger charge is 1.91. The average Bonchev–Trinajstić information content (AvgIpc) is 1.65. The van der Waals surface area contributed by atoms with E-state index >= 15 is 0 Å². The van der Waals surface area contributed by atoms with Gasteiger partial charge in [-0.25, -0.2) is 0 Å². The van der Waals surface area contributed by atoms with Gasteiger partial charge in [0.1, 0.15) is 0 Å². The second-order valence-electron chi connectivity index (χ2n) is 1.13. The number of aliphatic hydroxyl groups excluding tert-OH is 2. The van der Waals surface area contributed by atoms with Crippen molar-refractivity contribution >= 4 is 9.24 Å². The molecule has 0 aromatic heterocycles. The topological polar surface area (TPSA) is 72.0 Å². The van der Waals surface area contributed by atoms with Crippen molar-refractivity contribution in [3.05, 3.63) is 0 Å². The summed E-state index contributed by atoms with van der Waals surface area (Å²) in [7, 11) is 2.31. The van der Waals surface area contributed by atoms with E-state index in [0.29, 0.717) is 0 Å². The smallest absolute Gasteiger partial charge is 0.0515 e. The number of hydrogen-bond acceptors (Lipinski definition) is 2. The van der Waals surface area contributed by atoms with Crippen LogP contribution in [0.2, 0.25) is 0 Å². The van der Waals surface area contributed by atoms with E-state index in [1.165, 1.54) is 0 Å². The quantitative estimate of drug-likeness (QED) is 0.437. The van der Waals surface area contributed by atoms with E-state index in [-0.39, 0.29) is 24.3 Å². The third-order valence-electron chi connectivity index (χ3n) is 0.469. The van der Waals surface area contributed by atoms with Crippen LogP contribution in [0.4, 0.5) is 0 Å². The molecule has 0 aliphatic carbocycles. The Morgan fingerprint density at radius 3 is 1.57 bits per heavy atom. The molecule has 0 saturated heterocycles. The fraction of sp³-hybridized carbons (Fsp3) is 1.00. The monoisotopic (exact) mass is 126 g/mol. The highest BCUT2D eigenvalue weighted by molar-refractivity contribution is 7.17. The highest BCUT2D eigenvalue weighted by atomic mass is 31.0. The van der Waals surface area contributed by atoms with E-state index in [0.717, 1.165) is 0 Å². The molecule has 0 bridgehead atoms. The van der Waals surface area contributed by atoms with Crippen molar-refractivity contribution in [2.75, 3.05) is 13.2 Å². The number of hydrogen-bond donors (Lipinski definition) is 2. The zero-order chi connectivity index (χ0) is 4.99. The Bertz CT molecular complexity index is 29.4. The molecule has 0 rings (SSSR count). The largest absolute Gasteiger partial charge is 0.412 e. The first-order valence-electron chi connectivity index (χ1n) is 1.78. The van der Waals surface area contributed by atoms with E-state index in [2.05, 4.69) is 9.24 Å². The van der Waals surface area contributed by atoms with Crippen LogP contribution in [-0.4, -0.2) is 34.6 Å². The molecule has 0 fully saturated rings. The van der Waals surface area contributed by atoms with Gasteiger partial charge in [-0.2, -0.15) is 0 Å². The molecule has 4 heteroatoms. The lowest BCUT2D eigenvalue weighted by molar-refractivity contribution is 0.228. The van der Waals surface area contributed by atoms with Crippen LogP contribution in [0, 0.1) is 0 Å². The summed E-state index contributed by atoms with van der Waals surface area (Å²) in [4.78, 5) is 0. The first-order valence-corrected chi connectivity index (χ1v) is 2.45. The van der Waals surface area contributed by atoms with Crippen molar-refractivity contribution in [2.24, 2.45) is 0 Å². The van der Waals surface area contributed by atoms with E-state index in [9.17, 15) is 0 Å². The van der Waals surface area contributed by atoms with E-state index < -0.39 is 0 Å². The molecule has 3 nitrogen and oxygen atoms in total. The standard InChI is InChI=1S/C3H9O2P.H2O/c4-1-3(6)2-5;/h3-5H,1-2,6H2;1H2. The van der Waals surface area contributed by atoms with Gasteiger partial charge >= 0.3 is 0 Å². The number of aliphatic hydroxyl groups is 2. The Kier molecular flexibility index (Phi) is 9.31. The van der Waals surface area contributed by atoms with Crippen molar-refractivity contribution in [3.63, 3.8) is 0 Å². The van der Waals surface area contributed by atoms with Crippen LogP contribution in [0.1, 0.15) is 0 Å². The maximum atomic E-state index is 8.15. The van der Waals surface area contributed by atoms with Crippen LogP contribution in [0.25, 0.3) is 0 Å². The molecule has 1 atom stereocenters. The van der Waals surface area contributed by atoms with Gasteiger partial charge in [0.25, 0.3) is 0 Å². The summed E-state index contributed by atoms with van der Waals surface area (Å²) < 4.78 is 0. The molecular weight excluding hydrogens is 115 g/mol. The third-order valence-corrected chi connectivity index (χ3v) is 0.891. The highest BCUT2D eigenvalue weighted by Crippen LogP contribution is 1.93. The Morgan fingerprint density at radius 2 is 1.57 bits per heavy atom. The Morgan fingerprint density at radius 1 is 1.29 bits per heavy atom. The van der Waals surface area contributed by atoms with Crippen LogP contribution >= 0.6 is 9.24 Å². The molecule has 7 heavy (non-hydrogen) atoms. The van der Waals surface area contributed by atoms with Gasteiger partial charge in [0.05, 0.1) is 13.2 Å². The maximum absolute atomic E-state index is 8.15. The van der Waals surface area contributed by atoms with Crippen molar-refractivity contribution in [1.82, 2.24) is 0 Å². The molecule has 0 heterocycles. The van der Waals surface area contributed by atoms with E-state index in [1.807, 2.05) is 0 Å². The number of rotatable bonds is 2. The summed E-state index contributed by atoms with van der Waals surface area (Å²) in [6, 6.07) is 0. The minimum atomic E-state index is -0.0370. The zero-order valence-corrected chi connectivity index (χ0v) is 5.12.